The van der Waals surface area contributed by atoms with E-state index < -0.39 is 0 Å². The van der Waals surface area contributed by atoms with E-state index >= 15 is 0 Å². The molecule has 110 valence electrons. The van der Waals surface area contributed by atoms with Crippen molar-refractivity contribution in [3.63, 3.8) is 0 Å². The summed E-state index contributed by atoms with van der Waals surface area (Å²) < 4.78 is 0. The number of nitrogens with two attached hydrogens (primary N) is 1. The lowest BCUT2D eigenvalue weighted by Gasteiger charge is -2.35. The van der Waals surface area contributed by atoms with Crippen LogP contribution in [0.15, 0.2) is 24.3 Å². The Morgan fingerprint density at radius 3 is 2.65 bits per heavy atom. The normalized spacial score (nSPS) is 15.9. The molecule has 1 aromatic carbocycles. The molecule has 1 heterocycles. The van der Waals surface area contributed by atoms with E-state index in [1.54, 1.807) is 0 Å². The first-order valence-electron chi connectivity index (χ1n) is 7.44. The van der Waals surface area contributed by atoms with Crippen molar-refractivity contribution in [1.29, 1.82) is 0 Å². The maximum Gasteiger partial charge on any atom is 0.227 e. The van der Waals surface area contributed by atoms with Crippen LogP contribution >= 0.6 is 0 Å². The van der Waals surface area contributed by atoms with E-state index in [0.717, 1.165) is 37.3 Å². The smallest absolute Gasteiger partial charge is 0.227 e. The molecule has 1 atom stereocenters. The highest BCUT2D eigenvalue weighted by Crippen LogP contribution is 2.32. The SMILES string of the molecule is CC(CCN)CCC(=O)N1CCN(C)c2ccccc21. The van der Waals surface area contributed by atoms with Gasteiger partial charge in [0.15, 0.2) is 0 Å². The molecule has 2 rings (SSSR count). The Labute approximate surface area is 121 Å². The van der Waals surface area contributed by atoms with Crippen LogP contribution < -0.4 is 15.5 Å². The van der Waals surface area contributed by atoms with Crippen LogP contribution in [-0.2, 0) is 4.79 Å². The average molecular weight is 275 g/mol. The number of hydrogen-bond acceptors (Lipinski definition) is 3. The Balaban J connectivity index is 2.03. The highest BCUT2D eigenvalue weighted by molar-refractivity contribution is 5.97. The maximum atomic E-state index is 12.5. The fourth-order valence-electron chi connectivity index (χ4n) is 2.70. The van der Waals surface area contributed by atoms with Gasteiger partial charge in [0.2, 0.25) is 5.91 Å². The number of para-hydroxylation sites is 2. The maximum absolute atomic E-state index is 12.5. The zero-order valence-corrected chi connectivity index (χ0v) is 12.5. The van der Waals surface area contributed by atoms with Crippen molar-refractivity contribution >= 4 is 17.3 Å². The number of anilines is 2. The molecule has 0 spiro atoms. The van der Waals surface area contributed by atoms with Gasteiger partial charge < -0.3 is 15.5 Å². The van der Waals surface area contributed by atoms with E-state index in [1.807, 2.05) is 23.1 Å². The van der Waals surface area contributed by atoms with Gasteiger partial charge in [-0.15, -0.1) is 0 Å². The third kappa shape index (κ3) is 3.31. The van der Waals surface area contributed by atoms with Gasteiger partial charge in [-0.1, -0.05) is 19.1 Å². The first kappa shape index (κ1) is 14.9. The number of likely N-dealkylation sites (N-methyl/N-ethyl adjacent to an activating group) is 1. The Hall–Kier alpha value is -1.55. The molecule has 0 aliphatic carbocycles. The molecule has 0 fully saturated rings. The predicted molar refractivity (Wildman–Crippen MR) is 84.1 cm³/mol. The van der Waals surface area contributed by atoms with Crippen LogP contribution in [-0.4, -0.2) is 32.6 Å². The monoisotopic (exact) mass is 275 g/mol. The van der Waals surface area contributed by atoms with Crippen LogP contribution in [0.25, 0.3) is 0 Å². The van der Waals surface area contributed by atoms with E-state index in [0.29, 0.717) is 18.9 Å². The number of carbonyl (C=O) groups excluding carboxylic acids is 1. The van der Waals surface area contributed by atoms with Crippen molar-refractivity contribution in [2.45, 2.75) is 26.2 Å². The van der Waals surface area contributed by atoms with Crippen molar-refractivity contribution < 1.29 is 4.79 Å². The van der Waals surface area contributed by atoms with Gasteiger partial charge in [0.1, 0.15) is 0 Å². The summed E-state index contributed by atoms with van der Waals surface area (Å²) >= 11 is 0. The molecule has 0 radical (unpaired) electrons. The Kier molecular flexibility index (Phi) is 5.01. The number of nitrogens with zero attached hydrogens (tertiary/aromatic N) is 2. The second-order valence-electron chi connectivity index (χ2n) is 5.68. The van der Waals surface area contributed by atoms with Gasteiger partial charge in [-0.2, -0.15) is 0 Å². The first-order valence-corrected chi connectivity index (χ1v) is 7.44. The second-order valence-corrected chi connectivity index (χ2v) is 5.68. The van der Waals surface area contributed by atoms with Crippen molar-refractivity contribution in [1.82, 2.24) is 0 Å². The van der Waals surface area contributed by atoms with Gasteiger partial charge in [0.25, 0.3) is 0 Å². The second kappa shape index (κ2) is 6.75. The molecule has 0 aromatic heterocycles. The lowest BCUT2D eigenvalue weighted by atomic mass is 10.0. The summed E-state index contributed by atoms with van der Waals surface area (Å²) in [4.78, 5) is 16.6. The zero-order chi connectivity index (χ0) is 14.5. The molecule has 1 unspecified atom stereocenters. The Morgan fingerprint density at radius 2 is 1.95 bits per heavy atom. The summed E-state index contributed by atoms with van der Waals surface area (Å²) in [6.45, 7) is 4.53. The summed E-state index contributed by atoms with van der Waals surface area (Å²) in [6.07, 6.45) is 2.52. The Bertz CT molecular complexity index is 461. The summed E-state index contributed by atoms with van der Waals surface area (Å²) in [5, 5.41) is 0. The lowest BCUT2D eigenvalue weighted by molar-refractivity contribution is -0.118. The summed E-state index contributed by atoms with van der Waals surface area (Å²) in [6, 6.07) is 8.12. The summed E-state index contributed by atoms with van der Waals surface area (Å²) in [7, 11) is 2.07. The highest BCUT2D eigenvalue weighted by Gasteiger charge is 2.24. The quantitative estimate of drug-likeness (QED) is 0.896. The molecule has 0 saturated heterocycles. The highest BCUT2D eigenvalue weighted by atomic mass is 16.2. The summed E-state index contributed by atoms with van der Waals surface area (Å²) in [5.41, 5.74) is 7.74. The van der Waals surface area contributed by atoms with Crippen molar-refractivity contribution in [3.8, 4) is 0 Å². The minimum absolute atomic E-state index is 0.231. The van der Waals surface area contributed by atoms with Crippen LogP contribution in [0.3, 0.4) is 0 Å². The molecule has 1 amide bonds. The third-order valence-electron chi connectivity index (χ3n) is 4.05. The first-order chi connectivity index (χ1) is 9.63. The predicted octanol–water partition coefficient (Wildman–Crippen LogP) is 2.23. The third-order valence-corrected chi connectivity index (χ3v) is 4.05. The molecule has 1 aliphatic heterocycles. The average Bonchev–Trinajstić information content (AvgIpc) is 2.46. The number of rotatable bonds is 5. The number of hydrogen-bond donors (Lipinski definition) is 1. The van der Waals surface area contributed by atoms with Gasteiger partial charge in [-0.05, 0) is 37.4 Å². The fraction of sp³-hybridized carbons (Fsp3) is 0.562. The number of benzene rings is 1. The molecule has 0 saturated carbocycles. The molecule has 4 nitrogen and oxygen atoms in total. The van der Waals surface area contributed by atoms with Crippen LogP contribution in [0, 0.1) is 5.92 Å². The lowest BCUT2D eigenvalue weighted by Crippen LogP contribution is -2.42. The molecule has 0 bridgehead atoms. The topological polar surface area (TPSA) is 49.6 Å². The molecular formula is C16H25N3O. The molecule has 2 N–H and O–H groups in total. The van der Waals surface area contributed by atoms with E-state index in [-0.39, 0.29) is 5.91 Å². The van der Waals surface area contributed by atoms with Crippen molar-refractivity contribution in [2.75, 3.05) is 36.5 Å². The van der Waals surface area contributed by atoms with Gasteiger partial charge in [0, 0.05) is 26.6 Å². The standard InChI is InChI=1S/C16H25N3O/c1-13(9-10-17)7-8-16(20)19-12-11-18(2)14-5-3-4-6-15(14)19/h3-6,13H,7-12,17H2,1-2H3. The number of carbonyl (C=O) groups is 1. The molecule has 1 aliphatic rings. The molecule has 4 heteroatoms. The van der Waals surface area contributed by atoms with E-state index in [4.69, 9.17) is 5.73 Å². The van der Waals surface area contributed by atoms with Gasteiger partial charge in [-0.25, -0.2) is 0 Å². The largest absolute Gasteiger partial charge is 0.371 e. The van der Waals surface area contributed by atoms with Crippen molar-refractivity contribution in [3.05, 3.63) is 24.3 Å². The van der Waals surface area contributed by atoms with Crippen LogP contribution in [0.1, 0.15) is 26.2 Å². The van der Waals surface area contributed by atoms with E-state index in [1.165, 1.54) is 0 Å². The number of fused-ring (bicyclic) bond motifs is 1. The van der Waals surface area contributed by atoms with Gasteiger partial charge >= 0.3 is 0 Å². The van der Waals surface area contributed by atoms with Crippen LogP contribution in [0.5, 0.6) is 0 Å². The summed E-state index contributed by atoms with van der Waals surface area (Å²) in [5.74, 6) is 0.751. The minimum Gasteiger partial charge on any atom is -0.371 e. The number of amides is 1. The molecule has 20 heavy (non-hydrogen) atoms. The van der Waals surface area contributed by atoms with E-state index in [2.05, 4.69) is 24.9 Å². The molecule has 1 aromatic rings. The van der Waals surface area contributed by atoms with Gasteiger partial charge in [-0.3, -0.25) is 4.79 Å². The van der Waals surface area contributed by atoms with Crippen LogP contribution in [0.2, 0.25) is 0 Å². The van der Waals surface area contributed by atoms with Gasteiger partial charge in [0.05, 0.1) is 11.4 Å². The van der Waals surface area contributed by atoms with Crippen molar-refractivity contribution in [2.24, 2.45) is 11.7 Å². The fourth-order valence-corrected chi connectivity index (χ4v) is 2.70. The van der Waals surface area contributed by atoms with Crippen LogP contribution in [0.4, 0.5) is 11.4 Å². The molecular weight excluding hydrogens is 250 g/mol. The Morgan fingerprint density at radius 1 is 1.25 bits per heavy atom. The van der Waals surface area contributed by atoms with E-state index in [9.17, 15) is 4.79 Å². The minimum atomic E-state index is 0.231. The zero-order valence-electron chi connectivity index (χ0n) is 12.5.